The van der Waals surface area contributed by atoms with Gasteiger partial charge in [0.05, 0.1) is 26.0 Å². The molecule has 0 saturated heterocycles. The molecule has 0 aromatic carbocycles. The van der Waals surface area contributed by atoms with Gasteiger partial charge in [0, 0.05) is 0 Å². The smallest absolute Gasteiger partial charge is 0.359 e. The second-order valence-corrected chi connectivity index (χ2v) is 2.28. The normalized spacial score (nSPS) is 9.29. The quantitative estimate of drug-likeness (QED) is 0.622. The third kappa shape index (κ3) is 1.85. The fourth-order valence-corrected chi connectivity index (χ4v) is 0.854. The van der Waals surface area contributed by atoms with Gasteiger partial charge >= 0.3 is 11.9 Å². The summed E-state index contributed by atoms with van der Waals surface area (Å²) in [5.74, 6) is -1.38. The van der Waals surface area contributed by atoms with Gasteiger partial charge in [0.25, 0.3) is 0 Å². The van der Waals surface area contributed by atoms with Crippen LogP contribution in [-0.2, 0) is 9.47 Å². The first kappa shape index (κ1) is 10.1. The summed E-state index contributed by atoms with van der Waals surface area (Å²) in [6, 6.07) is 1.34. The number of methoxy groups -OCH3 is 2. The lowest BCUT2D eigenvalue weighted by atomic mass is 10.2. The van der Waals surface area contributed by atoms with E-state index < -0.39 is 11.9 Å². The molecular weight excluding hydrogens is 188 g/mol. The lowest BCUT2D eigenvalue weighted by molar-refractivity contribution is 0.0548. The maximum atomic E-state index is 11.2. The minimum atomic E-state index is -0.724. The van der Waals surface area contributed by atoms with Gasteiger partial charge in [-0.1, -0.05) is 0 Å². The van der Waals surface area contributed by atoms with Crippen LogP contribution in [0.4, 0.5) is 0 Å². The van der Waals surface area contributed by atoms with Crippen LogP contribution in [0.1, 0.15) is 20.8 Å². The van der Waals surface area contributed by atoms with Gasteiger partial charge in [-0.15, -0.1) is 5.10 Å². The highest BCUT2D eigenvalue weighted by molar-refractivity contribution is 6.01. The molecule has 0 N–H and O–H groups in total. The number of carbonyl (C=O) groups is 2. The molecular formula is C8H8N2O4. The summed E-state index contributed by atoms with van der Waals surface area (Å²) in [7, 11) is 2.40. The van der Waals surface area contributed by atoms with Crippen LogP contribution >= 0.6 is 0 Å². The molecule has 0 bridgehead atoms. The van der Waals surface area contributed by atoms with Crippen LogP contribution in [0.15, 0.2) is 12.3 Å². The molecule has 0 radical (unpaired) electrons. The van der Waals surface area contributed by atoms with E-state index in [9.17, 15) is 9.59 Å². The van der Waals surface area contributed by atoms with Gasteiger partial charge in [-0.05, 0) is 6.07 Å². The molecule has 1 aromatic heterocycles. The van der Waals surface area contributed by atoms with Gasteiger partial charge in [0.2, 0.25) is 0 Å². The van der Waals surface area contributed by atoms with E-state index in [2.05, 4.69) is 19.7 Å². The van der Waals surface area contributed by atoms with Gasteiger partial charge in [-0.3, -0.25) is 0 Å². The van der Waals surface area contributed by atoms with Gasteiger partial charge in [-0.25, -0.2) is 9.59 Å². The molecule has 1 heterocycles. The zero-order valence-electron chi connectivity index (χ0n) is 7.68. The molecule has 0 amide bonds. The Morgan fingerprint density at radius 2 is 1.86 bits per heavy atom. The Balaban J connectivity index is 3.15. The molecule has 0 unspecified atom stereocenters. The van der Waals surface area contributed by atoms with E-state index in [0.29, 0.717) is 0 Å². The van der Waals surface area contributed by atoms with Gasteiger partial charge in [0.15, 0.2) is 5.69 Å². The number of rotatable bonds is 2. The molecule has 0 atom stereocenters. The molecule has 0 spiro atoms. The fraction of sp³-hybridized carbons (Fsp3) is 0.250. The lowest BCUT2D eigenvalue weighted by Crippen LogP contribution is -2.14. The second kappa shape index (κ2) is 4.31. The maximum Gasteiger partial charge on any atom is 0.359 e. The summed E-state index contributed by atoms with van der Waals surface area (Å²) in [5, 5.41) is 6.97. The highest BCUT2D eigenvalue weighted by Crippen LogP contribution is 2.06. The number of hydrogen-bond donors (Lipinski definition) is 0. The van der Waals surface area contributed by atoms with E-state index >= 15 is 0 Å². The minimum absolute atomic E-state index is 0.0364. The third-order valence-corrected chi connectivity index (χ3v) is 1.50. The standard InChI is InChI=1S/C8H8N2O4/c1-13-7(11)5-3-4-9-10-6(5)8(12)14-2/h3-4H,1-2H3. The maximum absolute atomic E-state index is 11.2. The second-order valence-electron chi connectivity index (χ2n) is 2.28. The molecule has 1 rings (SSSR count). The largest absolute Gasteiger partial charge is 0.465 e. The molecule has 0 saturated carbocycles. The highest BCUT2D eigenvalue weighted by atomic mass is 16.5. The first-order valence-corrected chi connectivity index (χ1v) is 3.69. The van der Waals surface area contributed by atoms with Crippen molar-refractivity contribution in [1.82, 2.24) is 10.2 Å². The van der Waals surface area contributed by atoms with Crippen LogP contribution in [0.2, 0.25) is 0 Å². The van der Waals surface area contributed by atoms with Gasteiger partial charge < -0.3 is 9.47 Å². The molecule has 0 fully saturated rings. The molecule has 0 aliphatic rings. The molecule has 0 aliphatic heterocycles. The molecule has 14 heavy (non-hydrogen) atoms. The summed E-state index contributed by atoms with van der Waals surface area (Å²) in [6.45, 7) is 0. The van der Waals surface area contributed by atoms with E-state index in [-0.39, 0.29) is 11.3 Å². The van der Waals surface area contributed by atoms with Crippen molar-refractivity contribution in [2.24, 2.45) is 0 Å². The Labute approximate surface area is 79.8 Å². The molecule has 6 nitrogen and oxygen atoms in total. The third-order valence-electron chi connectivity index (χ3n) is 1.50. The molecule has 6 heteroatoms. The predicted molar refractivity (Wildman–Crippen MR) is 44.7 cm³/mol. The summed E-state index contributed by atoms with van der Waals surface area (Å²) in [6.07, 6.45) is 1.29. The highest BCUT2D eigenvalue weighted by Gasteiger charge is 2.19. The topological polar surface area (TPSA) is 78.4 Å². The van der Waals surface area contributed by atoms with Crippen LogP contribution in [-0.4, -0.2) is 36.4 Å². The lowest BCUT2D eigenvalue weighted by Gasteiger charge is -2.02. The Morgan fingerprint density at radius 1 is 1.21 bits per heavy atom. The van der Waals surface area contributed by atoms with Crippen LogP contribution < -0.4 is 0 Å². The molecule has 0 aliphatic carbocycles. The Bertz CT molecular complexity index is 329. The van der Waals surface area contributed by atoms with Crippen molar-refractivity contribution in [3.05, 3.63) is 23.5 Å². The van der Waals surface area contributed by atoms with E-state index in [1.807, 2.05) is 0 Å². The van der Waals surface area contributed by atoms with E-state index in [0.717, 1.165) is 0 Å². The number of hydrogen-bond acceptors (Lipinski definition) is 6. The number of nitrogens with zero attached hydrogens (tertiary/aromatic N) is 2. The average molecular weight is 196 g/mol. The van der Waals surface area contributed by atoms with Crippen LogP contribution in [0.25, 0.3) is 0 Å². The van der Waals surface area contributed by atoms with Gasteiger partial charge in [0.1, 0.15) is 0 Å². The van der Waals surface area contributed by atoms with Crippen molar-refractivity contribution in [3.63, 3.8) is 0 Å². The number of ether oxygens (including phenoxy) is 2. The first-order valence-electron chi connectivity index (χ1n) is 3.69. The van der Waals surface area contributed by atoms with Crippen molar-refractivity contribution in [2.45, 2.75) is 0 Å². The van der Waals surface area contributed by atoms with E-state index in [1.165, 1.54) is 26.5 Å². The van der Waals surface area contributed by atoms with Crippen molar-refractivity contribution in [3.8, 4) is 0 Å². The fourth-order valence-electron chi connectivity index (χ4n) is 0.854. The monoisotopic (exact) mass is 196 g/mol. The summed E-state index contributed by atoms with van der Waals surface area (Å²) < 4.78 is 8.88. The van der Waals surface area contributed by atoms with Crippen molar-refractivity contribution in [2.75, 3.05) is 14.2 Å². The Hall–Kier alpha value is -1.98. The number of aromatic nitrogens is 2. The van der Waals surface area contributed by atoms with Crippen molar-refractivity contribution >= 4 is 11.9 Å². The zero-order valence-corrected chi connectivity index (χ0v) is 7.68. The average Bonchev–Trinajstić information content (AvgIpc) is 2.27. The molecule has 74 valence electrons. The summed E-state index contributed by atoms with van der Waals surface area (Å²) >= 11 is 0. The zero-order chi connectivity index (χ0) is 10.6. The van der Waals surface area contributed by atoms with Gasteiger partial charge in [-0.2, -0.15) is 5.10 Å². The van der Waals surface area contributed by atoms with Crippen LogP contribution in [0, 0.1) is 0 Å². The van der Waals surface area contributed by atoms with E-state index in [1.54, 1.807) is 0 Å². The van der Waals surface area contributed by atoms with E-state index in [4.69, 9.17) is 0 Å². The number of esters is 2. The SMILES string of the molecule is COC(=O)c1ccnnc1C(=O)OC. The summed E-state index contributed by atoms with van der Waals surface area (Å²) in [4.78, 5) is 22.3. The Kier molecular flexibility index (Phi) is 3.11. The van der Waals surface area contributed by atoms with Crippen molar-refractivity contribution in [1.29, 1.82) is 0 Å². The number of carbonyl (C=O) groups excluding carboxylic acids is 2. The van der Waals surface area contributed by atoms with Crippen LogP contribution in [0.5, 0.6) is 0 Å². The molecule has 1 aromatic rings. The first-order chi connectivity index (χ1) is 6.70. The predicted octanol–water partition coefficient (Wildman–Crippen LogP) is 0.0498. The van der Waals surface area contributed by atoms with Crippen LogP contribution in [0.3, 0.4) is 0 Å². The summed E-state index contributed by atoms with van der Waals surface area (Å²) in [5.41, 5.74) is -0.115. The minimum Gasteiger partial charge on any atom is -0.465 e. The van der Waals surface area contributed by atoms with Crippen molar-refractivity contribution < 1.29 is 19.1 Å². The Morgan fingerprint density at radius 3 is 2.43 bits per heavy atom.